The molecule has 1 aromatic carbocycles. The fraction of sp³-hybridized carbons (Fsp3) is 0. The third kappa shape index (κ3) is 1.10. The van der Waals surface area contributed by atoms with Crippen molar-refractivity contribution in [1.82, 2.24) is 0 Å². The normalized spacial score (nSPS) is 10.3. The first kappa shape index (κ1) is 6.68. The summed E-state index contributed by atoms with van der Waals surface area (Å²) in [4.78, 5) is 0. The molecule has 0 N–H and O–H groups in total. The summed E-state index contributed by atoms with van der Waals surface area (Å²) in [6.07, 6.45) is 0. The van der Waals surface area contributed by atoms with E-state index in [2.05, 4.69) is 19.2 Å². The van der Waals surface area contributed by atoms with Crippen LogP contribution in [0.2, 0.25) is 0 Å². The smallest absolute Gasteiger partial charge is 0.175 e. The van der Waals surface area contributed by atoms with Crippen LogP contribution in [0, 0.1) is 7.11 Å². The molecule has 0 aliphatic carbocycles. The standard InChI is InChI=1S/C9H7OS/c1-10-9-6-7-4-2-3-5-8(7)11-9/h2-6H,1H2. The maximum absolute atomic E-state index is 4.87. The highest BCUT2D eigenvalue weighted by atomic mass is 32.1. The van der Waals surface area contributed by atoms with Gasteiger partial charge < -0.3 is 4.74 Å². The monoisotopic (exact) mass is 163 g/mol. The van der Waals surface area contributed by atoms with Gasteiger partial charge in [0.1, 0.15) is 7.11 Å². The molecule has 1 aromatic heterocycles. The van der Waals surface area contributed by atoms with Crippen molar-refractivity contribution in [3.05, 3.63) is 37.4 Å². The molecule has 2 heteroatoms. The molecule has 1 radical (unpaired) electrons. The number of hydrogen-bond acceptors (Lipinski definition) is 2. The summed E-state index contributed by atoms with van der Waals surface area (Å²) in [6.45, 7) is 0. The van der Waals surface area contributed by atoms with E-state index in [0.29, 0.717) is 0 Å². The molecule has 0 unspecified atom stereocenters. The summed E-state index contributed by atoms with van der Waals surface area (Å²) < 4.78 is 6.11. The van der Waals surface area contributed by atoms with Crippen LogP contribution in [-0.4, -0.2) is 0 Å². The lowest BCUT2D eigenvalue weighted by Gasteiger charge is -1.86. The van der Waals surface area contributed by atoms with Crippen LogP contribution in [0.1, 0.15) is 0 Å². The van der Waals surface area contributed by atoms with E-state index >= 15 is 0 Å². The molecule has 2 rings (SSSR count). The van der Waals surface area contributed by atoms with E-state index in [1.54, 1.807) is 11.3 Å². The van der Waals surface area contributed by atoms with Crippen molar-refractivity contribution in [2.45, 2.75) is 0 Å². The summed E-state index contributed by atoms with van der Waals surface area (Å²) in [6, 6.07) is 10.2. The Morgan fingerprint density at radius 1 is 1.27 bits per heavy atom. The van der Waals surface area contributed by atoms with E-state index < -0.39 is 0 Å². The largest absolute Gasteiger partial charge is 0.480 e. The Morgan fingerprint density at radius 3 is 2.82 bits per heavy atom. The predicted octanol–water partition coefficient (Wildman–Crippen LogP) is 3.07. The number of fused-ring (bicyclic) bond motifs is 1. The molecule has 2 aromatic rings. The van der Waals surface area contributed by atoms with Gasteiger partial charge in [-0.15, -0.1) is 0 Å². The highest BCUT2D eigenvalue weighted by Gasteiger charge is 1.98. The second kappa shape index (κ2) is 2.55. The highest BCUT2D eigenvalue weighted by Crippen LogP contribution is 2.30. The maximum atomic E-state index is 4.87. The average molecular weight is 163 g/mol. The summed E-state index contributed by atoms with van der Waals surface area (Å²) in [7, 11) is 3.36. The van der Waals surface area contributed by atoms with Gasteiger partial charge in [-0.05, 0) is 17.5 Å². The maximum Gasteiger partial charge on any atom is 0.175 e. The summed E-state index contributed by atoms with van der Waals surface area (Å²) in [5, 5.41) is 2.09. The molecule has 0 aliphatic rings. The summed E-state index contributed by atoms with van der Waals surface area (Å²) in [5.41, 5.74) is 0. The van der Waals surface area contributed by atoms with Gasteiger partial charge in [0.15, 0.2) is 5.06 Å². The van der Waals surface area contributed by atoms with Crippen molar-refractivity contribution in [2.24, 2.45) is 0 Å². The average Bonchev–Trinajstić information content (AvgIpc) is 2.46. The van der Waals surface area contributed by atoms with Crippen LogP contribution in [0.5, 0.6) is 5.06 Å². The molecule has 0 bridgehead atoms. The number of rotatable bonds is 1. The quantitative estimate of drug-likeness (QED) is 0.627. The Hall–Kier alpha value is -1.02. The van der Waals surface area contributed by atoms with Crippen molar-refractivity contribution in [3.63, 3.8) is 0 Å². The zero-order valence-corrected chi connectivity index (χ0v) is 6.73. The number of hydrogen-bond donors (Lipinski definition) is 0. The molecular weight excluding hydrogens is 156 g/mol. The molecule has 0 fully saturated rings. The van der Waals surface area contributed by atoms with Crippen LogP contribution in [0.4, 0.5) is 0 Å². The first-order valence-electron chi connectivity index (χ1n) is 3.31. The third-order valence-electron chi connectivity index (χ3n) is 1.55. The van der Waals surface area contributed by atoms with E-state index in [1.807, 2.05) is 18.2 Å². The molecule has 1 nitrogen and oxygen atoms in total. The minimum atomic E-state index is 0.867. The van der Waals surface area contributed by atoms with Gasteiger partial charge in [0.05, 0.1) is 0 Å². The Bertz CT molecular complexity index is 331. The van der Waals surface area contributed by atoms with Gasteiger partial charge in [0.2, 0.25) is 0 Å². The zero-order valence-electron chi connectivity index (χ0n) is 5.91. The molecule has 0 spiro atoms. The number of ether oxygens (including phenoxy) is 1. The first-order chi connectivity index (χ1) is 5.40. The first-order valence-corrected chi connectivity index (χ1v) is 4.12. The molecule has 0 atom stereocenters. The Kier molecular flexibility index (Phi) is 1.55. The minimum Gasteiger partial charge on any atom is -0.480 e. The zero-order chi connectivity index (χ0) is 7.68. The topological polar surface area (TPSA) is 9.23 Å². The molecule has 1 heterocycles. The molecular formula is C9H7OS. The predicted molar refractivity (Wildman–Crippen MR) is 47.8 cm³/mol. The van der Waals surface area contributed by atoms with Gasteiger partial charge in [0.25, 0.3) is 0 Å². The van der Waals surface area contributed by atoms with Crippen molar-refractivity contribution in [2.75, 3.05) is 0 Å². The van der Waals surface area contributed by atoms with Gasteiger partial charge >= 0.3 is 0 Å². The van der Waals surface area contributed by atoms with Gasteiger partial charge in [-0.2, -0.15) is 0 Å². The molecule has 55 valence electrons. The fourth-order valence-corrected chi connectivity index (χ4v) is 1.88. The van der Waals surface area contributed by atoms with Crippen molar-refractivity contribution in [3.8, 4) is 5.06 Å². The van der Waals surface area contributed by atoms with Crippen LogP contribution < -0.4 is 4.74 Å². The van der Waals surface area contributed by atoms with E-state index in [4.69, 9.17) is 4.74 Å². The molecule has 0 aliphatic heterocycles. The van der Waals surface area contributed by atoms with Crippen molar-refractivity contribution in [1.29, 1.82) is 0 Å². The second-order valence-electron chi connectivity index (χ2n) is 2.25. The van der Waals surface area contributed by atoms with E-state index in [-0.39, 0.29) is 0 Å². The van der Waals surface area contributed by atoms with Crippen LogP contribution in [0.15, 0.2) is 30.3 Å². The van der Waals surface area contributed by atoms with Gasteiger partial charge in [0, 0.05) is 4.70 Å². The van der Waals surface area contributed by atoms with E-state index in [1.165, 1.54) is 10.1 Å². The van der Waals surface area contributed by atoms with Gasteiger partial charge in [-0.25, -0.2) is 0 Å². The lowest BCUT2D eigenvalue weighted by Crippen LogP contribution is -1.68. The Morgan fingerprint density at radius 2 is 2.09 bits per heavy atom. The van der Waals surface area contributed by atoms with E-state index in [9.17, 15) is 0 Å². The molecule has 11 heavy (non-hydrogen) atoms. The second-order valence-corrected chi connectivity index (χ2v) is 3.29. The summed E-state index contributed by atoms with van der Waals surface area (Å²) in [5.74, 6) is 0. The lowest BCUT2D eigenvalue weighted by atomic mass is 10.3. The Labute approximate surface area is 69.2 Å². The molecule has 0 amide bonds. The highest BCUT2D eigenvalue weighted by molar-refractivity contribution is 7.20. The Balaban J connectivity index is 2.69. The SMILES string of the molecule is [CH2]Oc1cc2ccccc2s1. The van der Waals surface area contributed by atoms with Crippen molar-refractivity contribution >= 4 is 21.4 Å². The van der Waals surface area contributed by atoms with E-state index in [0.717, 1.165) is 5.06 Å². The van der Waals surface area contributed by atoms with Crippen LogP contribution in [0.25, 0.3) is 10.1 Å². The molecule has 0 saturated heterocycles. The van der Waals surface area contributed by atoms with Crippen LogP contribution in [-0.2, 0) is 0 Å². The number of thiophene rings is 1. The van der Waals surface area contributed by atoms with Crippen LogP contribution in [0.3, 0.4) is 0 Å². The minimum absolute atomic E-state index is 0.867. The number of benzene rings is 1. The van der Waals surface area contributed by atoms with Crippen molar-refractivity contribution < 1.29 is 4.74 Å². The lowest BCUT2D eigenvalue weighted by molar-refractivity contribution is 0.487. The van der Waals surface area contributed by atoms with Gasteiger partial charge in [-0.3, -0.25) is 0 Å². The third-order valence-corrected chi connectivity index (χ3v) is 2.57. The van der Waals surface area contributed by atoms with Gasteiger partial charge in [-0.1, -0.05) is 29.5 Å². The molecule has 0 saturated carbocycles. The fourth-order valence-electron chi connectivity index (χ4n) is 1.03. The summed E-state index contributed by atoms with van der Waals surface area (Å²) >= 11 is 1.61. The van der Waals surface area contributed by atoms with Crippen LogP contribution >= 0.6 is 11.3 Å².